The number of aromatic nitrogens is 2. The van der Waals surface area contributed by atoms with E-state index in [0.717, 1.165) is 41.8 Å². The maximum Gasteiger partial charge on any atom is 0.270 e. The van der Waals surface area contributed by atoms with Crippen LogP contribution in [0.3, 0.4) is 0 Å². The predicted octanol–water partition coefficient (Wildman–Crippen LogP) is 0.292. The van der Waals surface area contributed by atoms with Crippen molar-refractivity contribution < 1.29 is 5.21 Å². The van der Waals surface area contributed by atoms with Crippen molar-refractivity contribution in [3.05, 3.63) is 21.6 Å². The van der Waals surface area contributed by atoms with Crippen LogP contribution < -0.4 is 5.56 Å². The average molecular weight is 154 g/mol. The first-order valence-electron chi connectivity index (χ1n) is 3.81. The Morgan fingerprint density at radius 1 is 1.36 bits per heavy atom. The van der Waals surface area contributed by atoms with Crippen molar-refractivity contribution in [3.63, 3.8) is 0 Å². The third-order valence-corrected chi connectivity index (χ3v) is 2.18. The number of aromatic amines is 1. The Labute approximate surface area is 63.4 Å². The molecule has 1 aliphatic carbocycles. The molecule has 0 aliphatic heterocycles. The fourth-order valence-electron chi connectivity index (χ4n) is 1.60. The second-order valence-corrected chi connectivity index (χ2v) is 2.89. The first-order valence-corrected chi connectivity index (χ1v) is 3.81. The van der Waals surface area contributed by atoms with Crippen LogP contribution in [0, 0.1) is 0 Å². The summed E-state index contributed by atoms with van der Waals surface area (Å²) >= 11 is 0. The van der Waals surface area contributed by atoms with E-state index in [1.807, 2.05) is 0 Å². The predicted molar refractivity (Wildman–Crippen MR) is 38.9 cm³/mol. The molecule has 60 valence electrons. The van der Waals surface area contributed by atoms with Crippen molar-refractivity contribution >= 4 is 0 Å². The molecule has 0 saturated carbocycles. The van der Waals surface area contributed by atoms with Gasteiger partial charge >= 0.3 is 0 Å². The van der Waals surface area contributed by atoms with Crippen LogP contribution in [0.25, 0.3) is 0 Å². The molecule has 0 amide bonds. The molecule has 11 heavy (non-hydrogen) atoms. The van der Waals surface area contributed by atoms with Crippen LogP contribution in [-0.2, 0) is 12.8 Å². The van der Waals surface area contributed by atoms with Gasteiger partial charge in [-0.3, -0.25) is 4.79 Å². The fraction of sp³-hybridized carbons (Fsp3) is 0.571. The normalized spacial score (nSPS) is 16.4. The number of nitrogens with one attached hydrogen (secondary N) is 1. The summed E-state index contributed by atoms with van der Waals surface area (Å²) in [6, 6.07) is 0. The Morgan fingerprint density at radius 2 is 2.09 bits per heavy atom. The molecule has 0 spiro atoms. The van der Waals surface area contributed by atoms with Crippen LogP contribution in [-0.4, -0.2) is 15.2 Å². The van der Waals surface area contributed by atoms with Crippen molar-refractivity contribution in [3.8, 4) is 0 Å². The SMILES string of the molecule is O=c1[nH]n(O)c2c1CCCC2. The average Bonchev–Trinajstić information content (AvgIpc) is 2.30. The highest BCUT2D eigenvalue weighted by molar-refractivity contribution is 5.19. The number of hydrogen-bond acceptors (Lipinski definition) is 2. The molecule has 4 nitrogen and oxygen atoms in total. The Hall–Kier alpha value is -1.19. The van der Waals surface area contributed by atoms with Gasteiger partial charge in [0.2, 0.25) is 0 Å². The van der Waals surface area contributed by atoms with Crippen molar-refractivity contribution in [1.29, 1.82) is 0 Å². The van der Waals surface area contributed by atoms with Crippen LogP contribution in [0.4, 0.5) is 0 Å². The summed E-state index contributed by atoms with van der Waals surface area (Å²) in [5.41, 5.74) is 1.39. The maximum absolute atomic E-state index is 11.0. The second kappa shape index (κ2) is 2.15. The lowest BCUT2D eigenvalue weighted by molar-refractivity contribution is 0.137. The summed E-state index contributed by atoms with van der Waals surface area (Å²) in [5.74, 6) is 0. The molecule has 0 fully saturated rings. The van der Waals surface area contributed by atoms with E-state index < -0.39 is 0 Å². The zero-order valence-corrected chi connectivity index (χ0v) is 6.13. The molecule has 1 aromatic rings. The van der Waals surface area contributed by atoms with Gasteiger partial charge in [0.1, 0.15) is 0 Å². The van der Waals surface area contributed by atoms with Gasteiger partial charge in [-0.25, -0.2) is 5.10 Å². The highest BCUT2D eigenvalue weighted by atomic mass is 16.5. The van der Waals surface area contributed by atoms with Gasteiger partial charge in [0.15, 0.2) is 0 Å². The summed E-state index contributed by atoms with van der Waals surface area (Å²) in [5, 5.41) is 11.5. The molecule has 0 unspecified atom stereocenters. The monoisotopic (exact) mass is 154 g/mol. The fourth-order valence-corrected chi connectivity index (χ4v) is 1.60. The van der Waals surface area contributed by atoms with E-state index in [1.54, 1.807) is 0 Å². The summed E-state index contributed by atoms with van der Waals surface area (Å²) in [4.78, 5) is 11.9. The van der Waals surface area contributed by atoms with Crippen LogP contribution >= 0.6 is 0 Å². The lowest BCUT2D eigenvalue weighted by Crippen LogP contribution is -2.10. The molecule has 0 saturated heterocycles. The molecule has 1 aliphatic rings. The Bertz CT molecular complexity index is 324. The molecule has 0 aromatic carbocycles. The molecule has 2 rings (SSSR count). The van der Waals surface area contributed by atoms with Crippen LogP contribution in [0.1, 0.15) is 24.1 Å². The van der Waals surface area contributed by atoms with Crippen molar-refractivity contribution in [2.45, 2.75) is 25.7 Å². The van der Waals surface area contributed by atoms with E-state index in [4.69, 9.17) is 5.21 Å². The number of fused-ring (bicyclic) bond motifs is 1. The topological polar surface area (TPSA) is 58.0 Å². The van der Waals surface area contributed by atoms with E-state index in [9.17, 15) is 4.79 Å². The highest BCUT2D eigenvalue weighted by Gasteiger charge is 2.17. The van der Waals surface area contributed by atoms with E-state index in [-0.39, 0.29) is 5.56 Å². The van der Waals surface area contributed by atoms with Crippen molar-refractivity contribution in [2.75, 3.05) is 0 Å². The minimum atomic E-state index is -0.137. The first kappa shape index (κ1) is 6.52. The molecule has 0 bridgehead atoms. The molecule has 4 heteroatoms. The lowest BCUT2D eigenvalue weighted by atomic mass is 9.98. The van der Waals surface area contributed by atoms with Gasteiger partial charge in [0.25, 0.3) is 5.56 Å². The quantitative estimate of drug-likeness (QED) is 0.528. The van der Waals surface area contributed by atoms with Crippen LogP contribution in [0.5, 0.6) is 0 Å². The molecule has 1 heterocycles. The lowest BCUT2D eigenvalue weighted by Gasteiger charge is -2.08. The number of nitrogens with zero attached hydrogens (tertiary/aromatic N) is 1. The Balaban J connectivity index is 2.61. The van der Waals surface area contributed by atoms with Gasteiger partial charge in [-0.15, -0.1) is 4.85 Å². The zero-order chi connectivity index (χ0) is 7.84. The molecular formula is C7H10N2O2. The second-order valence-electron chi connectivity index (χ2n) is 2.89. The third-order valence-electron chi connectivity index (χ3n) is 2.18. The van der Waals surface area contributed by atoms with Crippen molar-refractivity contribution in [1.82, 2.24) is 9.94 Å². The molecule has 2 N–H and O–H groups in total. The van der Waals surface area contributed by atoms with Crippen LogP contribution in [0.15, 0.2) is 4.79 Å². The standard InChI is InChI=1S/C7H10N2O2/c10-7-5-3-1-2-4-6(5)9(11)8-7/h11H,1-4H2,(H,8,10). The van der Waals surface area contributed by atoms with E-state index >= 15 is 0 Å². The van der Waals surface area contributed by atoms with Gasteiger partial charge in [-0.1, -0.05) is 0 Å². The van der Waals surface area contributed by atoms with Gasteiger partial charge in [0, 0.05) is 5.56 Å². The maximum atomic E-state index is 11.0. The number of rotatable bonds is 0. The van der Waals surface area contributed by atoms with Gasteiger partial charge in [0.05, 0.1) is 5.69 Å². The van der Waals surface area contributed by atoms with Gasteiger partial charge < -0.3 is 5.21 Å². The molecule has 0 atom stereocenters. The first-order chi connectivity index (χ1) is 5.29. The smallest absolute Gasteiger partial charge is 0.270 e. The summed E-state index contributed by atoms with van der Waals surface area (Å²) in [6.07, 6.45) is 3.73. The highest BCUT2D eigenvalue weighted by Crippen LogP contribution is 2.16. The van der Waals surface area contributed by atoms with Gasteiger partial charge in [-0.2, -0.15) is 0 Å². The number of hydrogen-bond donors (Lipinski definition) is 2. The minimum absolute atomic E-state index is 0.137. The molecule has 0 radical (unpaired) electrons. The van der Waals surface area contributed by atoms with E-state index in [0.29, 0.717) is 0 Å². The largest absolute Gasteiger partial charge is 0.413 e. The molecule has 1 aromatic heterocycles. The summed E-state index contributed by atoms with van der Waals surface area (Å²) < 4.78 is 0. The Morgan fingerprint density at radius 3 is 2.82 bits per heavy atom. The summed E-state index contributed by atoms with van der Waals surface area (Å²) in [6.45, 7) is 0. The van der Waals surface area contributed by atoms with Gasteiger partial charge in [-0.05, 0) is 25.7 Å². The van der Waals surface area contributed by atoms with Crippen molar-refractivity contribution in [2.24, 2.45) is 0 Å². The minimum Gasteiger partial charge on any atom is -0.413 e. The zero-order valence-electron chi connectivity index (χ0n) is 6.13. The number of H-pyrrole nitrogens is 1. The summed E-state index contributed by atoms with van der Waals surface area (Å²) in [7, 11) is 0. The third kappa shape index (κ3) is 0.859. The van der Waals surface area contributed by atoms with Crippen LogP contribution in [0.2, 0.25) is 0 Å². The molecular weight excluding hydrogens is 144 g/mol. The Kier molecular flexibility index (Phi) is 1.27. The van der Waals surface area contributed by atoms with E-state index in [2.05, 4.69) is 5.10 Å². The van der Waals surface area contributed by atoms with E-state index in [1.165, 1.54) is 0 Å².